The van der Waals surface area contributed by atoms with E-state index in [2.05, 4.69) is 31.8 Å². The van der Waals surface area contributed by atoms with Gasteiger partial charge in [-0.1, -0.05) is 50.4 Å². The van der Waals surface area contributed by atoms with Crippen molar-refractivity contribution in [2.24, 2.45) is 0 Å². The van der Waals surface area contributed by atoms with Gasteiger partial charge < -0.3 is 59.2 Å². The molecular formula is C38H44Cl2N8O10. The fourth-order valence-corrected chi connectivity index (χ4v) is 7.39. The molecule has 2 aliphatic heterocycles. The number of aromatic nitrogens is 6. The molecule has 0 amide bonds. The van der Waals surface area contributed by atoms with Crippen molar-refractivity contribution >= 4 is 69.2 Å². The molecule has 310 valence electrons. The third-order valence-electron chi connectivity index (χ3n) is 10.2. The first-order chi connectivity index (χ1) is 27.9. The summed E-state index contributed by atoms with van der Waals surface area (Å²) in [6, 6.07) is 3.41. The number of anilines is 2. The van der Waals surface area contributed by atoms with E-state index in [1.54, 1.807) is 33.7 Å². The Morgan fingerprint density at radius 2 is 1.26 bits per heavy atom. The molecule has 58 heavy (non-hydrogen) atoms. The van der Waals surface area contributed by atoms with E-state index in [1.165, 1.54) is 0 Å². The van der Waals surface area contributed by atoms with Crippen LogP contribution in [0.1, 0.15) is 76.7 Å². The minimum Gasteiger partial charge on any atom is -0.434 e. The molecule has 0 bridgehead atoms. The third-order valence-corrected chi connectivity index (χ3v) is 10.5. The van der Waals surface area contributed by atoms with Crippen LogP contribution in [0.3, 0.4) is 0 Å². The number of hydrogen-bond acceptors (Lipinski definition) is 16. The van der Waals surface area contributed by atoms with Crippen LogP contribution in [0.2, 0.25) is 10.6 Å². The minimum absolute atomic E-state index is 0.0391. The second kappa shape index (κ2) is 18.7. The SMILES string of the molecule is C#C[C@]1(CO)O[C@@H](n2ccc3c(N)nc(Cl)nc32)C[C@@H]1OC(=O)OCCCCCCCCCCOC(=O)OC[C@@]1(C#C)O[C@@H](n2ccc3c(N)nc(Cl)nc32)C[C@@H]1O. The van der Waals surface area contributed by atoms with Gasteiger partial charge in [0.1, 0.15) is 48.1 Å². The number of terminal acetylenes is 2. The van der Waals surface area contributed by atoms with Crippen LogP contribution in [0.25, 0.3) is 22.1 Å². The molecule has 0 saturated carbocycles. The van der Waals surface area contributed by atoms with E-state index in [0.717, 1.165) is 38.5 Å². The van der Waals surface area contributed by atoms with Gasteiger partial charge in [-0.15, -0.1) is 12.8 Å². The quantitative estimate of drug-likeness (QED) is 0.0469. The molecule has 6 heterocycles. The van der Waals surface area contributed by atoms with Gasteiger partial charge in [0.15, 0.2) is 17.3 Å². The molecule has 18 nitrogen and oxygen atoms in total. The molecule has 6 atom stereocenters. The number of fused-ring (bicyclic) bond motifs is 2. The fourth-order valence-electron chi connectivity index (χ4n) is 7.05. The number of nitrogens with zero attached hydrogens (tertiary/aromatic N) is 6. The molecule has 2 aliphatic rings. The number of halogens is 2. The van der Waals surface area contributed by atoms with Crippen molar-refractivity contribution in [1.82, 2.24) is 29.1 Å². The van der Waals surface area contributed by atoms with Crippen molar-refractivity contribution in [3.63, 3.8) is 0 Å². The summed E-state index contributed by atoms with van der Waals surface area (Å²) in [7, 11) is 0. The van der Waals surface area contributed by atoms with E-state index in [9.17, 15) is 19.8 Å². The number of nitrogen functional groups attached to an aromatic ring is 2. The van der Waals surface area contributed by atoms with E-state index in [0.29, 0.717) is 34.9 Å². The molecule has 0 radical (unpaired) electrons. The van der Waals surface area contributed by atoms with Gasteiger partial charge in [0.25, 0.3) is 0 Å². The van der Waals surface area contributed by atoms with Crippen LogP contribution in [-0.2, 0) is 28.4 Å². The van der Waals surface area contributed by atoms with Crippen molar-refractivity contribution in [3.8, 4) is 24.7 Å². The maximum atomic E-state index is 12.6. The Kier molecular flexibility index (Phi) is 13.7. The Hall–Kier alpha value is -5.08. The first-order valence-electron chi connectivity index (χ1n) is 18.7. The molecule has 20 heteroatoms. The highest BCUT2D eigenvalue weighted by Gasteiger charge is 2.52. The highest BCUT2D eigenvalue weighted by molar-refractivity contribution is 6.29. The normalized spacial score (nSPS) is 24.1. The summed E-state index contributed by atoms with van der Waals surface area (Å²) in [5, 5.41) is 22.0. The zero-order valence-electron chi connectivity index (χ0n) is 31.4. The first kappa shape index (κ1) is 42.5. The predicted molar refractivity (Wildman–Crippen MR) is 210 cm³/mol. The van der Waals surface area contributed by atoms with Crippen molar-refractivity contribution in [1.29, 1.82) is 0 Å². The number of carbonyl (C=O) groups excluding carboxylic acids is 2. The molecular weight excluding hydrogens is 799 g/mol. The van der Waals surface area contributed by atoms with Gasteiger partial charge in [-0.05, 0) is 48.2 Å². The van der Waals surface area contributed by atoms with Crippen LogP contribution in [0.4, 0.5) is 21.2 Å². The molecule has 0 aliphatic carbocycles. The van der Waals surface area contributed by atoms with Gasteiger partial charge in [-0.2, -0.15) is 9.97 Å². The van der Waals surface area contributed by atoms with Gasteiger partial charge in [0.2, 0.25) is 10.6 Å². The van der Waals surface area contributed by atoms with Gasteiger partial charge in [-0.3, -0.25) is 0 Å². The van der Waals surface area contributed by atoms with E-state index < -0.39 is 61.4 Å². The Morgan fingerprint density at radius 1 is 0.776 bits per heavy atom. The third kappa shape index (κ3) is 9.28. The molecule has 0 spiro atoms. The number of ether oxygens (including phenoxy) is 6. The van der Waals surface area contributed by atoms with Crippen LogP contribution >= 0.6 is 23.2 Å². The molecule has 6 N–H and O–H groups in total. The first-order valence-corrected chi connectivity index (χ1v) is 19.5. The highest BCUT2D eigenvalue weighted by Crippen LogP contribution is 2.41. The van der Waals surface area contributed by atoms with E-state index in [-0.39, 0.29) is 48.3 Å². The van der Waals surface area contributed by atoms with E-state index in [1.807, 2.05) is 0 Å². The van der Waals surface area contributed by atoms with Crippen molar-refractivity contribution in [2.45, 2.75) is 100 Å². The number of rotatable bonds is 17. The van der Waals surface area contributed by atoms with Gasteiger partial charge >= 0.3 is 12.3 Å². The standard InChI is InChI=1S/C38H44Cl2N8O10/c1-3-37(21-49)26(20-28(57-37)48-16-14-24-30(42)44-34(40)46-32(24)48)56-36(52)54-18-12-10-8-6-5-7-9-11-17-53-35(51)55-22-38(4-2)25(50)19-27(58-38)47-15-13-23-29(41)43-33(39)45-31(23)47/h1-2,13-16,25-28,49-50H,5-12,17-22H2,(H2,41,43,45)(H2,42,44,46)/t25-,26-,27+,28+,37+,38+/m0/s1. The highest BCUT2D eigenvalue weighted by atomic mass is 35.5. The maximum Gasteiger partial charge on any atom is 0.508 e. The van der Waals surface area contributed by atoms with Gasteiger partial charge in [0, 0.05) is 25.2 Å². The molecule has 0 unspecified atom stereocenters. The molecule has 2 fully saturated rings. The lowest BCUT2D eigenvalue weighted by molar-refractivity contribution is -0.0979. The van der Waals surface area contributed by atoms with Crippen LogP contribution in [0.5, 0.6) is 0 Å². The van der Waals surface area contributed by atoms with Gasteiger partial charge in [-0.25, -0.2) is 19.6 Å². The largest absolute Gasteiger partial charge is 0.508 e. The number of nitrogens with two attached hydrogens (primary N) is 2. The summed E-state index contributed by atoms with van der Waals surface area (Å²) in [5.74, 6) is 5.27. The zero-order valence-corrected chi connectivity index (χ0v) is 32.9. The average Bonchev–Trinajstić information content (AvgIpc) is 3.98. The number of unbranched alkanes of at least 4 members (excludes halogenated alkanes) is 7. The lowest BCUT2D eigenvalue weighted by Crippen LogP contribution is -2.44. The van der Waals surface area contributed by atoms with Crippen molar-refractivity contribution in [3.05, 3.63) is 35.1 Å². The molecule has 4 aromatic rings. The summed E-state index contributed by atoms with van der Waals surface area (Å²) in [5.41, 5.74) is 9.54. The minimum atomic E-state index is -1.59. The zero-order chi connectivity index (χ0) is 41.5. The Bertz CT molecular complexity index is 2190. The van der Waals surface area contributed by atoms with Crippen LogP contribution in [0, 0.1) is 24.7 Å². The lowest BCUT2D eigenvalue weighted by Gasteiger charge is -2.26. The lowest BCUT2D eigenvalue weighted by atomic mass is 9.99. The molecule has 0 aromatic carbocycles. The smallest absolute Gasteiger partial charge is 0.434 e. The second-order valence-corrected chi connectivity index (χ2v) is 14.6. The van der Waals surface area contributed by atoms with E-state index in [4.69, 9.17) is 75.9 Å². The number of aliphatic hydroxyl groups excluding tert-OH is 2. The topological polar surface area (TPSA) is 243 Å². The Labute approximate surface area is 343 Å². The van der Waals surface area contributed by atoms with Crippen LogP contribution in [-0.4, -0.2) is 101 Å². The summed E-state index contributed by atoms with van der Waals surface area (Å²) in [6.07, 6.45) is 16.4. The van der Waals surface area contributed by atoms with E-state index >= 15 is 0 Å². The summed E-state index contributed by atoms with van der Waals surface area (Å²) in [4.78, 5) is 41.2. The number of carbonyl (C=O) groups is 2. The van der Waals surface area contributed by atoms with Gasteiger partial charge in [0.05, 0.1) is 30.6 Å². The second-order valence-electron chi connectivity index (χ2n) is 14.0. The number of hydrogen-bond donors (Lipinski definition) is 4. The monoisotopic (exact) mass is 842 g/mol. The van der Waals surface area contributed by atoms with Crippen molar-refractivity contribution in [2.75, 3.05) is 37.9 Å². The summed E-state index contributed by atoms with van der Waals surface area (Å²) >= 11 is 12.0. The molecule has 6 rings (SSSR count). The summed E-state index contributed by atoms with van der Waals surface area (Å²) in [6.45, 7) is -0.689. The van der Waals surface area contributed by atoms with Crippen LogP contribution < -0.4 is 11.5 Å². The van der Waals surface area contributed by atoms with Crippen LogP contribution in [0.15, 0.2) is 24.5 Å². The fraction of sp³-hybridized carbons (Fsp3) is 0.526. The maximum absolute atomic E-state index is 12.6. The Morgan fingerprint density at radius 3 is 1.78 bits per heavy atom. The predicted octanol–water partition coefficient (Wildman–Crippen LogP) is 5.08. The molecule has 4 aromatic heterocycles. The summed E-state index contributed by atoms with van der Waals surface area (Å²) < 4.78 is 36.6. The van der Waals surface area contributed by atoms with Crippen molar-refractivity contribution < 1.29 is 48.2 Å². The molecule has 2 saturated heterocycles. The average molecular weight is 844 g/mol. The number of aliphatic hydroxyl groups is 2. The Balaban J connectivity index is 0.811.